The molecule has 26 heavy (non-hydrogen) atoms. The highest BCUT2D eigenvalue weighted by atomic mass is 16.5. The van der Waals surface area contributed by atoms with Gasteiger partial charge in [0, 0.05) is 6.54 Å². The van der Waals surface area contributed by atoms with Gasteiger partial charge >= 0.3 is 12.0 Å². The molecule has 6 heteroatoms. The van der Waals surface area contributed by atoms with Crippen molar-refractivity contribution in [2.24, 2.45) is 0 Å². The Morgan fingerprint density at radius 1 is 0.923 bits per heavy atom. The number of hydrogen-bond donors (Lipinski definition) is 2. The van der Waals surface area contributed by atoms with Gasteiger partial charge in [0.2, 0.25) is 0 Å². The van der Waals surface area contributed by atoms with Crippen LogP contribution in [-0.2, 0) is 14.3 Å². The van der Waals surface area contributed by atoms with Crippen molar-refractivity contribution >= 4 is 17.9 Å². The van der Waals surface area contributed by atoms with Gasteiger partial charge in [-0.05, 0) is 25.0 Å². The van der Waals surface area contributed by atoms with Gasteiger partial charge in [-0.25, -0.2) is 4.79 Å². The molecule has 0 aliphatic heterocycles. The van der Waals surface area contributed by atoms with E-state index < -0.39 is 29.9 Å². The van der Waals surface area contributed by atoms with Gasteiger partial charge in [-0.15, -0.1) is 0 Å². The predicted octanol–water partition coefficient (Wildman–Crippen LogP) is 2.60. The molecule has 0 aromatic heterocycles. The van der Waals surface area contributed by atoms with E-state index in [4.69, 9.17) is 4.74 Å². The largest absolute Gasteiger partial charge is 0.452 e. The van der Waals surface area contributed by atoms with Gasteiger partial charge in [-0.3, -0.25) is 14.9 Å². The van der Waals surface area contributed by atoms with Gasteiger partial charge in [-0.1, -0.05) is 60.7 Å². The number of urea groups is 1. The van der Waals surface area contributed by atoms with E-state index in [0.29, 0.717) is 6.54 Å². The van der Waals surface area contributed by atoms with Crippen LogP contribution in [0.5, 0.6) is 0 Å². The number of imide groups is 1. The Morgan fingerprint density at radius 2 is 1.42 bits per heavy atom. The van der Waals surface area contributed by atoms with Crippen LogP contribution in [0, 0.1) is 0 Å². The maximum absolute atomic E-state index is 12.8. The zero-order valence-electron chi connectivity index (χ0n) is 14.8. The third-order valence-corrected chi connectivity index (χ3v) is 3.74. The van der Waals surface area contributed by atoms with Crippen LogP contribution in [0.2, 0.25) is 0 Å². The van der Waals surface area contributed by atoms with Gasteiger partial charge in [0.1, 0.15) is 5.92 Å². The third kappa shape index (κ3) is 5.17. The minimum absolute atomic E-state index is 0.386. The summed E-state index contributed by atoms with van der Waals surface area (Å²) in [4.78, 5) is 36.2. The Balaban J connectivity index is 2.15. The molecule has 0 fully saturated rings. The van der Waals surface area contributed by atoms with Crippen LogP contribution in [0.3, 0.4) is 0 Å². The Kier molecular flexibility index (Phi) is 6.91. The van der Waals surface area contributed by atoms with Crippen molar-refractivity contribution in [2.45, 2.75) is 25.9 Å². The average Bonchev–Trinajstić information content (AvgIpc) is 2.63. The minimum atomic E-state index is -1.10. The van der Waals surface area contributed by atoms with Crippen LogP contribution < -0.4 is 10.6 Å². The molecule has 0 saturated heterocycles. The van der Waals surface area contributed by atoms with E-state index in [1.54, 1.807) is 6.92 Å². The molecular formula is C20H22N2O4. The Bertz CT molecular complexity index is 707. The van der Waals surface area contributed by atoms with Crippen molar-refractivity contribution in [1.82, 2.24) is 10.6 Å². The summed E-state index contributed by atoms with van der Waals surface area (Å²) < 4.78 is 5.33. The molecule has 0 bridgehead atoms. The molecule has 0 heterocycles. The molecule has 0 radical (unpaired) electrons. The van der Waals surface area contributed by atoms with Crippen molar-refractivity contribution in [3.8, 4) is 0 Å². The van der Waals surface area contributed by atoms with Crippen LogP contribution in [0.15, 0.2) is 60.7 Å². The zero-order valence-corrected chi connectivity index (χ0v) is 14.8. The first-order chi connectivity index (χ1) is 12.5. The predicted molar refractivity (Wildman–Crippen MR) is 97.5 cm³/mol. The zero-order chi connectivity index (χ0) is 18.9. The molecule has 0 spiro atoms. The van der Waals surface area contributed by atoms with E-state index >= 15 is 0 Å². The number of carbonyl (C=O) groups is 3. The third-order valence-electron chi connectivity index (χ3n) is 3.74. The molecule has 136 valence electrons. The maximum Gasteiger partial charge on any atom is 0.321 e. The lowest BCUT2D eigenvalue weighted by Crippen LogP contribution is -2.45. The summed E-state index contributed by atoms with van der Waals surface area (Å²) >= 11 is 0. The van der Waals surface area contributed by atoms with Gasteiger partial charge in [0.15, 0.2) is 6.10 Å². The Morgan fingerprint density at radius 3 is 1.88 bits per heavy atom. The molecule has 2 N–H and O–H groups in total. The lowest BCUT2D eigenvalue weighted by molar-refractivity contribution is -0.155. The number of ether oxygens (including phenoxy) is 1. The summed E-state index contributed by atoms with van der Waals surface area (Å²) in [7, 11) is 0. The number of esters is 1. The van der Waals surface area contributed by atoms with Crippen molar-refractivity contribution in [1.29, 1.82) is 0 Å². The topological polar surface area (TPSA) is 84.5 Å². The van der Waals surface area contributed by atoms with Crippen molar-refractivity contribution in [3.63, 3.8) is 0 Å². The molecule has 0 saturated carbocycles. The highest BCUT2D eigenvalue weighted by molar-refractivity contribution is 5.97. The summed E-state index contributed by atoms with van der Waals surface area (Å²) in [5.74, 6) is -1.89. The number of nitrogens with one attached hydrogen (secondary N) is 2. The molecule has 6 nitrogen and oxygen atoms in total. The summed E-state index contributed by atoms with van der Waals surface area (Å²) in [6.07, 6.45) is -1.10. The molecule has 2 aromatic rings. The van der Waals surface area contributed by atoms with Crippen LogP contribution in [0.4, 0.5) is 4.79 Å². The highest BCUT2D eigenvalue weighted by Gasteiger charge is 2.28. The first-order valence-electron chi connectivity index (χ1n) is 8.42. The van der Waals surface area contributed by atoms with Gasteiger partial charge in [0.05, 0.1) is 0 Å². The normalized spacial score (nSPS) is 11.5. The van der Waals surface area contributed by atoms with E-state index in [9.17, 15) is 14.4 Å². The van der Waals surface area contributed by atoms with E-state index in [-0.39, 0.29) is 0 Å². The van der Waals surface area contributed by atoms with Crippen LogP contribution >= 0.6 is 0 Å². The number of hydrogen-bond acceptors (Lipinski definition) is 4. The van der Waals surface area contributed by atoms with Gasteiger partial charge in [0.25, 0.3) is 5.91 Å². The van der Waals surface area contributed by atoms with Crippen LogP contribution in [-0.4, -0.2) is 30.6 Å². The number of carbonyl (C=O) groups excluding carboxylic acids is 3. The van der Waals surface area contributed by atoms with Crippen LogP contribution in [0.1, 0.15) is 30.9 Å². The molecule has 0 unspecified atom stereocenters. The van der Waals surface area contributed by atoms with E-state index in [1.807, 2.05) is 60.7 Å². The summed E-state index contributed by atoms with van der Waals surface area (Å²) in [5, 5.41) is 4.59. The number of amides is 3. The molecule has 1 atom stereocenters. The summed E-state index contributed by atoms with van der Waals surface area (Å²) in [6, 6.07) is 17.8. The lowest BCUT2D eigenvalue weighted by atomic mass is 9.91. The van der Waals surface area contributed by atoms with E-state index in [0.717, 1.165) is 11.1 Å². The molecule has 0 aliphatic carbocycles. The summed E-state index contributed by atoms with van der Waals surface area (Å²) in [6.45, 7) is 3.55. The highest BCUT2D eigenvalue weighted by Crippen LogP contribution is 2.26. The fraction of sp³-hybridized carbons (Fsp3) is 0.250. The standard InChI is InChI=1S/C20H22N2O4/c1-3-21-20(25)22-18(23)14(2)26-19(24)17(15-10-6-4-7-11-15)16-12-8-5-9-13-16/h4-14,17H,3H2,1-2H3,(H2,21,22,23,25)/t14-/m1/s1. The van der Waals surface area contributed by atoms with Crippen molar-refractivity contribution in [3.05, 3.63) is 71.8 Å². The molecule has 2 rings (SSSR count). The lowest BCUT2D eigenvalue weighted by Gasteiger charge is -2.20. The summed E-state index contributed by atoms with van der Waals surface area (Å²) in [5.41, 5.74) is 1.53. The minimum Gasteiger partial charge on any atom is -0.452 e. The fourth-order valence-corrected chi connectivity index (χ4v) is 2.47. The first-order valence-corrected chi connectivity index (χ1v) is 8.42. The monoisotopic (exact) mass is 354 g/mol. The molecular weight excluding hydrogens is 332 g/mol. The number of rotatable bonds is 6. The first kappa shape index (κ1) is 19.2. The maximum atomic E-state index is 12.8. The second-order valence-corrected chi connectivity index (χ2v) is 5.68. The second kappa shape index (κ2) is 9.36. The van der Waals surface area contributed by atoms with E-state index in [2.05, 4.69) is 10.6 Å². The number of benzene rings is 2. The Hall–Kier alpha value is -3.15. The van der Waals surface area contributed by atoms with Crippen molar-refractivity contribution in [2.75, 3.05) is 6.54 Å². The van der Waals surface area contributed by atoms with Gasteiger partial charge in [-0.2, -0.15) is 0 Å². The Labute approximate surface area is 152 Å². The molecule has 3 amide bonds. The quantitative estimate of drug-likeness (QED) is 0.781. The smallest absolute Gasteiger partial charge is 0.321 e. The van der Waals surface area contributed by atoms with Crippen molar-refractivity contribution < 1.29 is 19.1 Å². The average molecular weight is 354 g/mol. The fourth-order valence-electron chi connectivity index (χ4n) is 2.47. The second-order valence-electron chi connectivity index (χ2n) is 5.68. The molecule has 2 aromatic carbocycles. The SMILES string of the molecule is CCNC(=O)NC(=O)[C@@H](C)OC(=O)C(c1ccccc1)c1ccccc1. The van der Waals surface area contributed by atoms with Gasteiger partial charge < -0.3 is 10.1 Å². The molecule has 0 aliphatic rings. The van der Waals surface area contributed by atoms with E-state index in [1.165, 1.54) is 6.92 Å². The van der Waals surface area contributed by atoms with Crippen LogP contribution in [0.25, 0.3) is 0 Å².